The maximum Gasteiger partial charge on any atom is 0.339 e. The number of amides is 1. The van der Waals surface area contributed by atoms with Crippen molar-refractivity contribution in [3.63, 3.8) is 0 Å². The Kier molecular flexibility index (Phi) is 7.35. The number of halogens is 1. The van der Waals surface area contributed by atoms with Gasteiger partial charge in [0.05, 0.1) is 23.6 Å². The quantitative estimate of drug-likeness (QED) is 0.661. The average Bonchev–Trinajstić information content (AvgIpc) is 2.78. The molecule has 1 saturated heterocycles. The number of rotatable bonds is 6. The molecule has 1 aliphatic rings. The summed E-state index contributed by atoms with van der Waals surface area (Å²) < 4.78 is 32.2. The van der Waals surface area contributed by atoms with Crippen molar-refractivity contribution in [2.45, 2.75) is 30.7 Å². The molecule has 9 heteroatoms. The van der Waals surface area contributed by atoms with Crippen LogP contribution in [0.15, 0.2) is 53.4 Å². The number of sulfonamides is 1. The Morgan fingerprint density at radius 3 is 2.35 bits per heavy atom. The van der Waals surface area contributed by atoms with Crippen molar-refractivity contribution in [1.29, 1.82) is 0 Å². The lowest BCUT2D eigenvalue weighted by atomic mass is 9.96. The number of carbonyl (C=O) groups is 2. The predicted octanol–water partition coefficient (Wildman–Crippen LogP) is 3.40. The minimum Gasteiger partial charge on any atom is -0.465 e. The van der Waals surface area contributed by atoms with E-state index in [9.17, 15) is 18.0 Å². The highest BCUT2D eigenvalue weighted by molar-refractivity contribution is 7.89. The molecule has 1 fully saturated rings. The van der Waals surface area contributed by atoms with E-state index in [0.29, 0.717) is 17.9 Å². The molecule has 166 valence electrons. The summed E-state index contributed by atoms with van der Waals surface area (Å²) in [5, 5.41) is 3.55. The number of hydrogen-bond donors (Lipinski definition) is 1. The second-order valence-corrected chi connectivity index (χ2v) is 9.73. The van der Waals surface area contributed by atoms with E-state index in [0.717, 1.165) is 5.56 Å². The first-order chi connectivity index (χ1) is 14.8. The summed E-state index contributed by atoms with van der Waals surface area (Å²) in [6.45, 7) is 2.25. The van der Waals surface area contributed by atoms with Gasteiger partial charge in [-0.15, -0.1) is 0 Å². The van der Waals surface area contributed by atoms with E-state index in [-0.39, 0.29) is 41.4 Å². The summed E-state index contributed by atoms with van der Waals surface area (Å²) in [5.74, 6) is -1.13. The Morgan fingerprint density at radius 2 is 1.71 bits per heavy atom. The van der Waals surface area contributed by atoms with Crippen LogP contribution in [0.3, 0.4) is 0 Å². The van der Waals surface area contributed by atoms with Crippen molar-refractivity contribution in [1.82, 2.24) is 9.62 Å². The molecule has 1 amide bonds. The van der Waals surface area contributed by atoms with Crippen molar-refractivity contribution < 1.29 is 22.7 Å². The number of esters is 1. The molecule has 0 aromatic heterocycles. The number of carbonyl (C=O) groups excluding carboxylic acids is 2. The van der Waals surface area contributed by atoms with Gasteiger partial charge < -0.3 is 10.1 Å². The van der Waals surface area contributed by atoms with Gasteiger partial charge in [-0.3, -0.25) is 4.79 Å². The summed E-state index contributed by atoms with van der Waals surface area (Å²) in [4.78, 5) is 24.6. The highest BCUT2D eigenvalue weighted by Crippen LogP contribution is 2.28. The SMILES string of the molecule is COC(=O)c1ccccc1S(=O)(=O)N1CCC(C(=O)N[C@@H](C)c2ccccc2Cl)CC1. The molecular weight excluding hydrogens is 440 g/mol. The first-order valence-electron chi connectivity index (χ1n) is 9.98. The van der Waals surface area contributed by atoms with Gasteiger partial charge in [0.15, 0.2) is 0 Å². The lowest BCUT2D eigenvalue weighted by Crippen LogP contribution is -2.43. The monoisotopic (exact) mass is 464 g/mol. The van der Waals surface area contributed by atoms with Gasteiger partial charge in [-0.1, -0.05) is 41.9 Å². The first kappa shape index (κ1) is 23.2. The zero-order chi connectivity index (χ0) is 22.6. The molecule has 2 aromatic carbocycles. The molecular formula is C22H25ClN2O5S. The van der Waals surface area contributed by atoms with E-state index in [4.69, 9.17) is 16.3 Å². The molecule has 1 atom stereocenters. The highest BCUT2D eigenvalue weighted by Gasteiger charge is 2.34. The fraction of sp³-hybridized carbons (Fsp3) is 0.364. The number of nitrogens with one attached hydrogen (secondary N) is 1. The van der Waals surface area contributed by atoms with Crippen molar-refractivity contribution in [3.05, 3.63) is 64.7 Å². The van der Waals surface area contributed by atoms with Crippen LogP contribution in [0.2, 0.25) is 5.02 Å². The smallest absolute Gasteiger partial charge is 0.339 e. The van der Waals surface area contributed by atoms with Gasteiger partial charge >= 0.3 is 5.97 Å². The van der Waals surface area contributed by atoms with E-state index in [1.165, 1.54) is 23.5 Å². The minimum atomic E-state index is -3.89. The molecule has 0 bridgehead atoms. The zero-order valence-electron chi connectivity index (χ0n) is 17.4. The molecule has 1 aliphatic heterocycles. The topological polar surface area (TPSA) is 92.8 Å². The standard InChI is InChI=1S/C22H25ClN2O5S/c1-15(17-7-3-5-9-19(17)23)24-21(26)16-11-13-25(14-12-16)31(28,29)20-10-6-4-8-18(20)22(27)30-2/h3-10,15-16H,11-14H2,1-2H3,(H,24,26)/t15-/m0/s1. The van der Waals surface area contributed by atoms with Crippen LogP contribution in [0.4, 0.5) is 0 Å². The second-order valence-electron chi connectivity index (χ2n) is 7.42. The molecule has 3 rings (SSSR count). The number of nitrogens with zero attached hydrogens (tertiary/aromatic N) is 1. The van der Waals surface area contributed by atoms with Crippen molar-refractivity contribution in [3.8, 4) is 0 Å². The van der Waals surface area contributed by atoms with Crippen molar-refractivity contribution in [2.75, 3.05) is 20.2 Å². The van der Waals surface area contributed by atoms with Gasteiger partial charge in [-0.05, 0) is 43.5 Å². The fourth-order valence-corrected chi connectivity index (χ4v) is 5.65. The minimum absolute atomic E-state index is 0.00145. The molecule has 1 N–H and O–H groups in total. The summed E-state index contributed by atoms with van der Waals surface area (Å²) in [7, 11) is -2.68. The molecule has 7 nitrogen and oxygen atoms in total. The molecule has 0 spiro atoms. The molecule has 0 radical (unpaired) electrons. The summed E-state index contributed by atoms with van der Waals surface area (Å²) in [5.41, 5.74) is 0.829. The molecule has 0 aliphatic carbocycles. The Morgan fingerprint density at radius 1 is 1.10 bits per heavy atom. The number of benzene rings is 2. The predicted molar refractivity (Wildman–Crippen MR) is 117 cm³/mol. The van der Waals surface area contributed by atoms with Gasteiger partial charge in [0.25, 0.3) is 0 Å². The van der Waals surface area contributed by atoms with Crippen LogP contribution in [0, 0.1) is 5.92 Å². The third kappa shape index (κ3) is 5.08. The van der Waals surface area contributed by atoms with Crippen LogP contribution in [-0.4, -0.2) is 44.8 Å². The van der Waals surface area contributed by atoms with Crippen LogP contribution in [-0.2, 0) is 19.6 Å². The van der Waals surface area contributed by atoms with Crippen molar-refractivity contribution >= 4 is 33.5 Å². The largest absolute Gasteiger partial charge is 0.465 e. The average molecular weight is 465 g/mol. The summed E-state index contributed by atoms with van der Waals surface area (Å²) in [6.07, 6.45) is 0.779. The zero-order valence-corrected chi connectivity index (χ0v) is 18.9. The molecule has 0 unspecified atom stereocenters. The van der Waals surface area contributed by atoms with Crippen LogP contribution in [0.25, 0.3) is 0 Å². The van der Waals surface area contributed by atoms with Gasteiger partial charge in [0.1, 0.15) is 0 Å². The number of ether oxygens (including phenoxy) is 1. The van der Waals surface area contributed by atoms with Crippen molar-refractivity contribution in [2.24, 2.45) is 5.92 Å². The van der Waals surface area contributed by atoms with Crippen LogP contribution in [0.5, 0.6) is 0 Å². The summed E-state index contributed by atoms with van der Waals surface area (Å²) in [6, 6.07) is 13.0. The normalized spacial score (nSPS) is 16.5. The number of methoxy groups -OCH3 is 1. The second kappa shape index (κ2) is 9.80. The van der Waals surface area contributed by atoms with E-state index < -0.39 is 16.0 Å². The van der Waals surface area contributed by atoms with Gasteiger partial charge in [-0.25, -0.2) is 13.2 Å². The van der Waals surface area contributed by atoms with Gasteiger partial charge in [0, 0.05) is 24.0 Å². The van der Waals surface area contributed by atoms with E-state index >= 15 is 0 Å². The third-order valence-electron chi connectivity index (χ3n) is 5.47. The lowest BCUT2D eigenvalue weighted by Gasteiger charge is -2.31. The molecule has 0 saturated carbocycles. The molecule has 2 aromatic rings. The van der Waals surface area contributed by atoms with E-state index in [1.54, 1.807) is 18.2 Å². The fourth-order valence-electron chi connectivity index (χ4n) is 3.70. The van der Waals surface area contributed by atoms with E-state index in [1.807, 2.05) is 25.1 Å². The Bertz CT molecular complexity index is 1070. The molecule has 31 heavy (non-hydrogen) atoms. The lowest BCUT2D eigenvalue weighted by molar-refractivity contribution is -0.126. The number of hydrogen-bond acceptors (Lipinski definition) is 5. The van der Waals surface area contributed by atoms with Crippen LogP contribution < -0.4 is 5.32 Å². The van der Waals surface area contributed by atoms with Crippen LogP contribution in [0.1, 0.15) is 41.7 Å². The maximum absolute atomic E-state index is 13.1. The third-order valence-corrected chi connectivity index (χ3v) is 7.77. The Balaban J connectivity index is 1.66. The van der Waals surface area contributed by atoms with E-state index in [2.05, 4.69) is 5.32 Å². The Labute approximate surface area is 187 Å². The van der Waals surface area contributed by atoms with Gasteiger partial charge in [0.2, 0.25) is 15.9 Å². The van der Waals surface area contributed by atoms with Gasteiger partial charge in [-0.2, -0.15) is 4.31 Å². The maximum atomic E-state index is 13.1. The first-order valence-corrected chi connectivity index (χ1v) is 11.8. The Hall–Kier alpha value is -2.42. The highest BCUT2D eigenvalue weighted by atomic mass is 35.5. The molecule has 1 heterocycles. The van der Waals surface area contributed by atoms with Crippen LogP contribution >= 0.6 is 11.6 Å². The summed E-state index contributed by atoms with van der Waals surface area (Å²) >= 11 is 6.20. The number of piperidine rings is 1.